The predicted molar refractivity (Wildman–Crippen MR) is 78.8 cm³/mol. The van der Waals surface area contributed by atoms with E-state index < -0.39 is 0 Å². The van der Waals surface area contributed by atoms with Crippen molar-refractivity contribution in [1.82, 2.24) is 10.3 Å². The van der Waals surface area contributed by atoms with Crippen molar-refractivity contribution in [3.8, 4) is 0 Å². The Morgan fingerprint density at radius 2 is 1.90 bits per heavy atom. The highest BCUT2D eigenvalue weighted by molar-refractivity contribution is 5.92. The van der Waals surface area contributed by atoms with Crippen LogP contribution in [0.4, 0.5) is 0 Å². The maximum Gasteiger partial charge on any atom is 0.268 e. The van der Waals surface area contributed by atoms with Crippen LogP contribution in [0.3, 0.4) is 0 Å². The molecule has 1 amide bonds. The normalized spacial score (nSPS) is 11.9. The Balaban J connectivity index is 2.08. The number of hydrogen-bond donors (Lipinski definition) is 2. The number of aromatic amines is 1. The third-order valence-corrected chi connectivity index (χ3v) is 3.25. The second-order valence-corrected chi connectivity index (χ2v) is 4.72. The van der Waals surface area contributed by atoms with E-state index in [0.29, 0.717) is 0 Å². The Morgan fingerprint density at radius 1 is 1.20 bits per heavy atom. The van der Waals surface area contributed by atoms with Crippen LogP contribution in [0.25, 0.3) is 0 Å². The lowest BCUT2D eigenvalue weighted by Crippen LogP contribution is -2.28. The summed E-state index contributed by atoms with van der Waals surface area (Å²) >= 11 is 0. The molecule has 0 aliphatic carbocycles. The minimum absolute atomic E-state index is 0.114. The average Bonchev–Trinajstić information content (AvgIpc) is 2.47. The van der Waals surface area contributed by atoms with E-state index in [-0.39, 0.29) is 23.2 Å². The molecule has 1 aromatic carbocycles. The molecule has 2 rings (SSSR count). The Bertz CT molecular complexity index is 644. The highest BCUT2D eigenvalue weighted by Crippen LogP contribution is 2.14. The maximum atomic E-state index is 12.0. The topological polar surface area (TPSA) is 62.0 Å². The molecule has 0 saturated carbocycles. The van der Waals surface area contributed by atoms with Crippen LogP contribution in [0.5, 0.6) is 0 Å². The molecule has 104 valence electrons. The molecule has 1 unspecified atom stereocenters. The molecule has 1 aromatic heterocycles. The van der Waals surface area contributed by atoms with Gasteiger partial charge < -0.3 is 10.3 Å². The standard InChI is InChI=1S/C16H18N2O2/c1-3-12-7-9-13(10-8-12)11(2)17-16(20)14-5-4-6-15(19)18-14/h4-11H,3H2,1-2H3,(H,17,20)(H,18,19). The van der Waals surface area contributed by atoms with Crippen LogP contribution in [0, 0.1) is 0 Å². The zero-order valence-electron chi connectivity index (χ0n) is 11.6. The van der Waals surface area contributed by atoms with Crippen LogP contribution in [0.15, 0.2) is 47.3 Å². The van der Waals surface area contributed by atoms with Gasteiger partial charge in [-0.05, 0) is 30.5 Å². The number of H-pyrrole nitrogens is 1. The van der Waals surface area contributed by atoms with Crippen molar-refractivity contribution in [3.05, 3.63) is 69.6 Å². The van der Waals surface area contributed by atoms with Crippen molar-refractivity contribution in [2.24, 2.45) is 0 Å². The van der Waals surface area contributed by atoms with Gasteiger partial charge in [0.05, 0.1) is 6.04 Å². The van der Waals surface area contributed by atoms with Crippen molar-refractivity contribution < 1.29 is 4.79 Å². The van der Waals surface area contributed by atoms with Gasteiger partial charge in [0.25, 0.3) is 5.91 Å². The van der Waals surface area contributed by atoms with Crippen LogP contribution in [0.1, 0.15) is 41.5 Å². The number of benzene rings is 1. The number of carbonyl (C=O) groups excluding carboxylic acids is 1. The fraction of sp³-hybridized carbons (Fsp3) is 0.250. The molecule has 1 atom stereocenters. The molecular weight excluding hydrogens is 252 g/mol. The second-order valence-electron chi connectivity index (χ2n) is 4.72. The summed E-state index contributed by atoms with van der Waals surface area (Å²) < 4.78 is 0. The van der Waals surface area contributed by atoms with Gasteiger partial charge >= 0.3 is 0 Å². The Hall–Kier alpha value is -2.36. The lowest BCUT2D eigenvalue weighted by Gasteiger charge is -2.14. The highest BCUT2D eigenvalue weighted by atomic mass is 16.2. The number of aryl methyl sites for hydroxylation is 1. The first-order valence-corrected chi connectivity index (χ1v) is 6.69. The SMILES string of the molecule is CCc1ccc(C(C)NC(=O)c2cccc(=O)[nH]2)cc1. The highest BCUT2D eigenvalue weighted by Gasteiger charge is 2.11. The third-order valence-electron chi connectivity index (χ3n) is 3.25. The minimum atomic E-state index is -0.283. The van der Waals surface area contributed by atoms with Crippen LogP contribution in [-0.2, 0) is 6.42 Å². The number of pyridine rings is 1. The molecule has 4 heteroatoms. The first-order valence-electron chi connectivity index (χ1n) is 6.69. The largest absolute Gasteiger partial charge is 0.344 e. The van der Waals surface area contributed by atoms with Gasteiger partial charge in [-0.15, -0.1) is 0 Å². The molecular formula is C16H18N2O2. The van der Waals surface area contributed by atoms with E-state index in [1.165, 1.54) is 11.6 Å². The molecule has 0 saturated heterocycles. The molecule has 0 aliphatic rings. The van der Waals surface area contributed by atoms with Gasteiger partial charge in [-0.1, -0.05) is 37.3 Å². The summed E-state index contributed by atoms with van der Waals surface area (Å²) in [6.07, 6.45) is 0.992. The average molecular weight is 270 g/mol. The lowest BCUT2D eigenvalue weighted by atomic mass is 10.0. The van der Waals surface area contributed by atoms with E-state index in [4.69, 9.17) is 0 Å². The summed E-state index contributed by atoms with van der Waals surface area (Å²) in [6.45, 7) is 4.02. The molecule has 20 heavy (non-hydrogen) atoms. The minimum Gasteiger partial charge on any atom is -0.344 e. The quantitative estimate of drug-likeness (QED) is 0.896. The summed E-state index contributed by atoms with van der Waals surface area (Å²) in [7, 11) is 0. The van der Waals surface area contributed by atoms with Gasteiger partial charge in [-0.3, -0.25) is 9.59 Å². The molecule has 2 aromatic rings. The van der Waals surface area contributed by atoms with Crippen molar-refractivity contribution in [3.63, 3.8) is 0 Å². The summed E-state index contributed by atoms with van der Waals surface area (Å²) in [5.41, 5.74) is 2.29. The second kappa shape index (κ2) is 6.19. The van der Waals surface area contributed by atoms with E-state index >= 15 is 0 Å². The third kappa shape index (κ3) is 3.35. The molecule has 2 N–H and O–H groups in total. The molecule has 0 fully saturated rings. The molecule has 0 bridgehead atoms. The first-order chi connectivity index (χ1) is 9.60. The molecule has 1 heterocycles. The smallest absolute Gasteiger partial charge is 0.268 e. The first kappa shape index (κ1) is 14.1. The number of amides is 1. The predicted octanol–water partition coefficient (Wildman–Crippen LogP) is 2.43. The number of carbonyl (C=O) groups is 1. The van der Waals surface area contributed by atoms with Gasteiger partial charge in [-0.2, -0.15) is 0 Å². The Labute approximate surface area is 117 Å². The van der Waals surface area contributed by atoms with Gasteiger partial charge in [0.15, 0.2) is 0 Å². The van der Waals surface area contributed by atoms with Crippen LogP contribution < -0.4 is 10.9 Å². The van der Waals surface area contributed by atoms with Crippen molar-refractivity contribution >= 4 is 5.91 Å². The number of nitrogens with one attached hydrogen (secondary N) is 2. The summed E-state index contributed by atoms with van der Waals surface area (Å²) in [5.74, 6) is -0.283. The van der Waals surface area contributed by atoms with E-state index in [1.807, 2.05) is 19.1 Å². The zero-order chi connectivity index (χ0) is 14.5. The van der Waals surface area contributed by atoms with E-state index in [2.05, 4.69) is 29.4 Å². The molecule has 0 radical (unpaired) electrons. The Kier molecular flexibility index (Phi) is 4.35. The van der Waals surface area contributed by atoms with Crippen LogP contribution >= 0.6 is 0 Å². The summed E-state index contributed by atoms with van der Waals surface area (Å²) in [5, 5.41) is 2.87. The Morgan fingerprint density at radius 3 is 2.50 bits per heavy atom. The lowest BCUT2D eigenvalue weighted by molar-refractivity contribution is 0.0934. The van der Waals surface area contributed by atoms with Crippen molar-refractivity contribution in [1.29, 1.82) is 0 Å². The molecule has 4 nitrogen and oxygen atoms in total. The van der Waals surface area contributed by atoms with Crippen molar-refractivity contribution in [2.75, 3.05) is 0 Å². The maximum absolute atomic E-state index is 12.0. The summed E-state index contributed by atoms with van der Waals surface area (Å²) in [4.78, 5) is 25.7. The van der Waals surface area contributed by atoms with Gasteiger partial charge in [0, 0.05) is 6.07 Å². The number of rotatable bonds is 4. The van der Waals surface area contributed by atoms with Crippen molar-refractivity contribution in [2.45, 2.75) is 26.3 Å². The number of hydrogen-bond acceptors (Lipinski definition) is 2. The zero-order valence-corrected chi connectivity index (χ0v) is 11.6. The van der Waals surface area contributed by atoms with Crippen LogP contribution in [-0.4, -0.2) is 10.9 Å². The van der Waals surface area contributed by atoms with Crippen LogP contribution in [0.2, 0.25) is 0 Å². The summed E-state index contributed by atoms with van der Waals surface area (Å²) in [6, 6.07) is 12.6. The van der Waals surface area contributed by atoms with E-state index in [9.17, 15) is 9.59 Å². The van der Waals surface area contributed by atoms with E-state index in [1.54, 1.807) is 12.1 Å². The van der Waals surface area contributed by atoms with Gasteiger partial charge in [0.2, 0.25) is 5.56 Å². The van der Waals surface area contributed by atoms with Gasteiger partial charge in [0.1, 0.15) is 5.69 Å². The molecule has 0 aliphatic heterocycles. The van der Waals surface area contributed by atoms with E-state index in [0.717, 1.165) is 12.0 Å². The van der Waals surface area contributed by atoms with Gasteiger partial charge in [-0.25, -0.2) is 0 Å². The number of aromatic nitrogens is 1. The fourth-order valence-corrected chi connectivity index (χ4v) is 1.98. The molecule has 0 spiro atoms. The fourth-order valence-electron chi connectivity index (χ4n) is 1.98. The monoisotopic (exact) mass is 270 g/mol.